The topological polar surface area (TPSA) is 63.6 Å². The zero-order valence-electron chi connectivity index (χ0n) is 16.6. The first kappa shape index (κ1) is 17.9. The van der Waals surface area contributed by atoms with Crippen LogP contribution in [0.1, 0.15) is 71.6 Å². The van der Waals surface area contributed by atoms with Gasteiger partial charge in [-0.05, 0) is 86.5 Å². The number of aliphatic hydroxyl groups is 1. The molecule has 0 amide bonds. The normalized spacial score (nSPS) is 51.9. The van der Waals surface area contributed by atoms with Crippen LogP contribution in [0.4, 0.5) is 0 Å². The maximum absolute atomic E-state index is 14.0. The molecule has 1 N–H and O–H groups in total. The van der Waals surface area contributed by atoms with E-state index in [1.807, 2.05) is 0 Å². The number of carbonyl (C=O) groups excluding carboxylic acids is 2. The van der Waals surface area contributed by atoms with Gasteiger partial charge in [0.15, 0.2) is 0 Å². The summed E-state index contributed by atoms with van der Waals surface area (Å²) >= 11 is 0. The van der Waals surface area contributed by atoms with E-state index >= 15 is 0 Å². The van der Waals surface area contributed by atoms with Gasteiger partial charge in [0.2, 0.25) is 0 Å². The van der Waals surface area contributed by atoms with E-state index in [0.717, 1.165) is 63.4 Å². The summed E-state index contributed by atoms with van der Waals surface area (Å²) in [7, 11) is 0. The van der Waals surface area contributed by atoms with Gasteiger partial charge in [-0.3, -0.25) is 4.79 Å². The largest absolute Gasteiger partial charge is 0.458 e. The molecule has 27 heavy (non-hydrogen) atoms. The number of hydrogen-bond donors (Lipinski definition) is 1. The Labute approximate surface area is 161 Å². The Hall–Kier alpha value is -1.16. The van der Waals surface area contributed by atoms with Gasteiger partial charge in [-0.25, -0.2) is 4.79 Å². The quantitative estimate of drug-likeness (QED) is 0.711. The van der Waals surface area contributed by atoms with Crippen LogP contribution in [-0.2, 0) is 14.3 Å². The Morgan fingerprint density at radius 2 is 1.81 bits per heavy atom. The molecule has 5 rings (SSSR count). The van der Waals surface area contributed by atoms with Gasteiger partial charge >= 0.3 is 5.97 Å². The van der Waals surface area contributed by atoms with Crippen LogP contribution in [0.2, 0.25) is 0 Å². The molecule has 0 saturated heterocycles. The van der Waals surface area contributed by atoms with Crippen molar-refractivity contribution in [3.05, 3.63) is 11.6 Å². The minimum Gasteiger partial charge on any atom is -0.458 e. The number of hydrogen-bond acceptors (Lipinski definition) is 4. The number of Topliss-reactive ketones (excluding diaryl/α,β-unsaturated/α-hetero) is 1. The number of ether oxygens (including phenoxy) is 1. The summed E-state index contributed by atoms with van der Waals surface area (Å²) < 4.78 is 5.17. The molecule has 7 atom stereocenters. The second kappa shape index (κ2) is 5.68. The maximum atomic E-state index is 14.0. The van der Waals surface area contributed by atoms with Crippen LogP contribution in [-0.4, -0.2) is 29.6 Å². The number of carbonyl (C=O) groups is 2. The molecule has 0 radical (unpaired) electrons. The van der Waals surface area contributed by atoms with E-state index in [4.69, 9.17) is 4.74 Å². The number of ketones is 1. The van der Waals surface area contributed by atoms with Gasteiger partial charge in [0.25, 0.3) is 0 Å². The number of aliphatic hydroxyl groups excluding tert-OH is 1. The number of rotatable bonds is 1. The lowest BCUT2D eigenvalue weighted by atomic mass is 9.37. The Kier molecular flexibility index (Phi) is 3.77. The molecule has 0 aromatic carbocycles. The van der Waals surface area contributed by atoms with Gasteiger partial charge in [0.1, 0.15) is 12.4 Å². The van der Waals surface area contributed by atoms with E-state index in [9.17, 15) is 14.7 Å². The summed E-state index contributed by atoms with van der Waals surface area (Å²) in [4.78, 5) is 25.6. The van der Waals surface area contributed by atoms with Crippen LogP contribution in [0.3, 0.4) is 0 Å². The van der Waals surface area contributed by atoms with E-state index in [0.29, 0.717) is 24.2 Å². The van der Waals surface area contributed by atoms with Crippen molar-refractivity contribution in [3.63, 3.8) is 0 Å². The summed E-state index contributed by atoms with van der Waals surface area (Å²) in [6, 6.07) is 0. The van der Waals surface area contributed by atoms with Gasteiger partial charge in [-0.1, -0.05) is 13.8 Å². The van der Waals surface area contributed by atoms with Gasteiger partial charge in [-0.2, -0.15) is 0 Å². The number of esters is 1. The lowest BCUT2D eigenvalue weighted by Crippen LogP contribution is -2.64. The van der Waals surface area contributed by atoms with Crippen LogP contribution in [0.15, 0.2) is 11.6 Å². The average Bonchev–Trinajstić information content (AvgIpc) is 3.04. The molecule has 5 aliphatic rings. The van der Waals surface area contributed by atoms with Crippen molar-refractivity contribution >= 4 is 11.8 Å². The fourth-order valence-electron chi connectivity index (χ4n) is 8.20. The van der Waals surface area contributed by atoms with Crippen LogP contribution in [0.5, 0.6) is 0 Å². The molecule has 148 valence electrons. The van der Waals surface area contributed by atoms with Crippen molar-refractivity contribution in [3.8, 4) is 0 Å². The Bertz CT molecular complexity index is 726. The van der Waals surface area contributed by atoms with Gasteiger partial charge in [-0.15, -0.1) is 0 Å². The van der Waals surface area contributed by atoms with Crippen LogP contribution >= 0.6 is 0 Å². The van der Waals surface area contributed by atoms with Crippen LogP contribution in [0, 0.1) is 34.0 Å². The van der Waals surface area contributed by atoms with E-state index in [1.165, 1.54) is 0 Å². The summed E-state index contributed by atoms with van der Waals surface area (Å²) in [5, 5.41) is 10.2. The fraction of sp³-hybridized carbons (Fsp3) is 0.826. The summed E-state index contributed by atoms with van der Waals surface area (Å²) in [6.45, 7) is 4.96. The minimum absolute atomic E-state index is 0.149. The molecule has 0 aromatic heterocycles. The van der Waals surface area contributed by atoms with Crippen molar-refractivity contribution in [2.45, 2.75) is 77.7 Å². The molecular formula is C23H32O4. The van der Waals surface area contributed by atoms with Crippen LogP contribution < -0.4 is 0 Å². The molecule has 1 spiro atoms. The fourth-order valence-corrected chi connectivity index (χ4v) is 8.20. The molecule has 1 aliphatic heterocycles. The van der Waals surface area contributed by atoms with E-state index < -0.39 is 0 Å². The number of cyclic esters (lactones) is 1. The second-order valence-electron chi connectivity index (χ2n) is 10.6. The Morgan fingerprint density at radius 3 is 2.56 bits per heavy atom. The molecule has 0 unspecified atom stereocenters. The van der Waals surface area contributed by atoms with E-state index in [1.54, 1.807) is 6.08 Å². The highest BCUT2D eigenvalue weighted by molar-refractivity contribution is 5.93. The van der Waals surface area contributed by atoms with Crippen molar-refractivity contribution < 1.29 is 19.4 Å². The lowest BCUT2D eigenvalue weighted by molar-refractivity contribution is -0.188. The summed E-state index contributed by atoms with van der Waals surface area (Å²) in [6.07, 6.45) is 10.5. The van der Waals surface area contributed by atoms with Crippen molar-refractivity contribution in [1.82, 2.24) is 0 Å². The highest BCUT2D eigenvalue weighted by Gasteiger charge is 2.67. The highest BCUT2D eigenvalue weighted by atomic mass is 16.5. The zero-order valence-corrected chi connectivity index (χ0v) is 16.6. The molecule has 2 bridgehead atoms. The Balaban J connectivity index is 1.50. The summed E-state index contributed by atoms with van der Waals surface area (Å²) in [5.41, 5.74) is 0.741. The SMILES string of the molecule is C[C@]12CC[C@H](O)C[C@H]1CC[C@@]13CC[C@@H](C4=CC(=O)OC4)[C@@](C)(CC[C@@H]12)C3=O. The van der Waals surface area contributed by atoms with Gasteiger partial charge in [0.05, 0.1) is 6.10 Å². The molecule has 0 aromatic rings. The predicted octanol–water partition coefficient (Wildman–Crippen LogP) is 3.81. The average molecular weight is 373 g/mol. The summed E-state index contributed by atoms with van der Waals surface area (Å²) in [5.74, 6) is 1.43. The van der Waals surface area contributed by atoms with Gasteiger partial charge in [0, 0.05) is 16.9 Å². The molecule has 1 heterocycles. The van der Waals surface area contributed by atoms with Crippen molar-refractivity contribution in [2.24, 2.45) is 34.0 Å². The third-order valence-corrected chi connectivity index (χ3v) is 9.61. The van der Waals surface area contributed by atoms with Crippen LogP contribution in [0.25, 0.3) is 0 Å². The Morgan fingerprint density at radius 1 is 1.04 bits per heavy atom. The molecule has 4 fully saturated rings. The first-order valence-corrected chi connectivity index (χ1v) is 10.9. The van der Waals surface area contributed by atoms with Gasteiger partial charge < -0.3 is 9.84 Å². The van der Waals surface area contributed by atoms with E-state index in [-0.39, 0.29) is 34.2 Å². The predicted molar refractivity (Wildman–Crippen MR) is 101 cm³/mol. The highest BCUT2D eigenvalue weighted by Crippen LogP contribution is 2.70. The molecule has 4 nitrogen and oxygen atoms in total. The maximum Gasteiger partial charge on any atom is 0.331 e. The third-order valence-electron chi connectivity index (χ3n) is 9.61. The van der Waals surface area contributed by atoms with Crippen molar-refractivity contribution in [1.29, 1.82) is 0 Å². The third kappa shape index (κ3) is 2.25. The molecule has 4 heteroatoms. The van der Waals surface area contributed by atoms with Crippen molar-refractivity contribution in [2.75, 3.05) is 6.61 Å². The number of fused-ring (bicyclic) bond motifs is 3. The monoisotopic (exact) mass is 372 g/mol. The molecule has 4 saturated carbocycles. The second-order valence-corrected chi connectivity index (χ2v) is 10.6. The molecule has 4 aliphatic carbocycles. The molecular weight excluding hydrogens is 340 g/mol. The zero-order chi connectivity index (χ0) is 19.0. The first-order chi connectivity index (χ1) is 12.8. The minimum atomic E-state index is -0.341. The lowest BCUT2D eigenvalue weighted by Gasteiger charge is -2.66. The smallest absolute Gasteiger partial charge is 0.331 e. The van der Waals surface area contributed by atoms with E-state index in [2.05, 4.69) is 13.8 Å². The first-order valence-electron chi connectivity index (χ1n) is 10.9. The standard InChI is InChI=1S/C23H32O4/c1-21-7-4-16(24)12-15(21)3-9-23-10-5-17(14-11-19(25)27-13-14)22(2,20(23)26)8-6-18(21)23/h11,15-18,24H,3-10,12-13H2,1-2H3/t15-,16+,17+,18-,21+,22-,23-/m1/s1.